The number of hydrogen-bond donors (Lipinski definition) is 3. The predicted octanol–water partition coefficient (Wildman–Crippen LogP) is 3.64. The molecule has 166 valence electrons. The van der Waals surface area contributed by atoms with Crippen LogP contribution in [0, 0.1) is 12.3 Å². The molecule has 3 aromatic carbocycles. The maximum Gasteiger partial charge on any atom is 0.251 e. The lowest BCUT2D eigenvalue weighted by Crippen LogP contribution is -2.29. The number of para-hydroxylation sites is 1. The van der Waals surface area contributed by atoms with Crippen molar-refractivity contribution in [3.63, 3.8) is 0 Å². The zero-order valence-electron chi connectivity index (χ0n) is 17.8. The van der Waals surface area contributed by atoms with Crippen molar-refractivity contribution in [3.8, 4) is 12.3 Å². The van der Waals surface area contributed by atoms with Crippen LogP contribution in [-0.4, -0.2) is 32.4 Å². The first kappa shape index (κ1) is 22.3. The fourth-order valence-corrected chi connectivity index (χ4v) is 4.78. The van der Waals surface area contributed by atoms with Crippen molar-refractivity contribution in [1.82, 2.24) is 15.0 Å². The molecule has 4 rings (SSSR count). The molecular formula is C26H23N3O3S. The molecule has 6 nitrogen and oxygen atoms in total. The van der Waals surface area contributed by atoms with Gasteiger partial charge in [-0.25, -0.2) is 8.42 Å². The van der Waals surface area contributed by atoms with Gasteiger partial charge in [0, 0.05) is 35.1 Å². The Morgan fingerprint density at radius 3 is 2.55 bits per heavy atom. The average Bonchev–Trinajstić information content (AvgIpc) is 3.27. The number of sulfonamides is 1. The van der Waals surface area contributed by atoms with E-state index >= 15 is 0 Å². The third-order valence-corrected chi connectivity index (χ3v) is 6.84. The van der Waals surface area contributed by atoms with E-state index in [1.165, 1.54) is 18.2 Å². The molecule has 0 aliphatic rings. The van der Waals surface area contributed by atoms with Crippen LogP contribution in [0.5, 0.6) is 0 Å². The lowest BCUT2D eigenvalue weighted by atomic mass is 9.91. The second kappa shape index (κ2) is 9.74. The van der Waals surface area contributed by atoms with Gasteiger partial charge in [0.2, 0.25) is 10.0 Å². The summed E-state index contributed by atoms with van der Waals surface area (Å²) >= 11 is 0. The fourth-order valence-electron chi connectivity index (χ4n) is 3.80. The first-order valence-corrected chi connectivity index (χ1v) is 11.9. The van der Waals surface area contributed by atoms with Crippen molar-refractivity contribution >= 4 is 26.8 Å². The van der Waals surface area contributed by atoms with Gasteiger partial charge in [0.05, 0.1) is 11.4 Å². The van der Waals surface area contributed by atoms with Crippen LogP contribution < -0.4 is 10.0 Å². The Hall–Kier alpha value is -3.86. The van der Waals surface area contributed by atoms with E-state index < -0.39 is 10.0 Å². The van der Waals surface area contributed by atoms with Crippen molar-refractivity contribution < 1.29 is 13.2 Å². The highest BCUT2D eigenvalue weighted by Crippen LogP contribution is 2.30. The first-order chi connectivity index (χ1) is 16.0. The molecule has 1 atom stereocenters. The molecule has 3 N–H and O–H groups in total. The van der Waals surface area contributed by atoms with Crippen LogP contribution in [0.15, 0.2) is 90.0 Å². The average molecular weight is 458 g/mol. The molecule has 1 aromatic heterocycles. The third kappa shape index (κ3) is 4.98. The van der Waals surface area contributed by atoms with E-state index in [9.17, 15) is 13.2 Å². The molecule has 0 fully saturated rings. The van der Waals surface area contributed by atoms with Gasteiger partial charge in [-0.2, -0.15) is 4.72 Å². The lowest BCUT2D eigenvalue weighted by Gasteiger charge is -2.18. The minimum Gasteiger partial charge on any atom is -0.361 e. The summed E-state index contributed by atoms with van der Waals surface area (Å²) in [5.74, 6) is 1.79. The van der Waals surface area contributed by atoms with Crippen molar-refractivity contribution in [2.24, 2.45) is 0 Å². The van der Waals surface area contributed by atoms with Crippen molar-refractivity contribution in [2.75, 3.05) is 13.1 Å². The Kier molecular flexibility index (Phi) is 6.59. The molecular weight excluding hydrogens is 434 g/mol. The van der Waals surface area contributed by atoms with Crippen LogP contribution in [0.4, 0.5) is 0 Å². The number of nitrogens with one attached hydrogen (secondary N) is 3. The number of hydrogen-bond acceptors (Lipinski definition) is 3. The van der Waals surface area contributed by atoms with Gasteiger partial charge in [0.15, 0.2) is 0 Å². The maximum absolute atomic E-state index is 12.9. The number of H-pyrrole nitrogens is 1. The molecule has 1 heterocycles. The molecule has 33 heavy (non-hydrogen) atoms. The number of aromatic nitrogens is 1. The van der Waals surface area contributed by atoms with Crippen LogP contribution in [0.3, 0.4) is 0 Å². The SMILES string of the molecule is C#CCNS(=O)(=O)c1cccc(C(=O)NCC(c2ccccc2)c2c[nH]c3ccccc23)c1. The predicted molar refractivity (Wildman–Crippen MR) is 129 cm³/mol. The van der Waals surface area contributed by atoms with E-state index in [4.69, 9.17) is 6.42 Å². The van der Waals surface area contributed by atoms with Crippen molar-refractivity contribution in [1.29, 1.82) is 0 Å². The molecule has 0 radical (unpaired) electrons. The zero-order chi connectivity index (χ0) is 23.3. The van der Waals surface area contributed by atoms with Crippen molar-refractivity contribution in [3.05, 3.63) is 102 Å². The number of aromatic amines is 1. The normalized spacial score (nSPS) is 12.2. The molecule has 4 aromatic rings. The Balaban J connectivity index is 1.59. The highest BCUT2D eigenvalue weighted by molar-refractivity contribution is 7.89. The van der Waals surface area contributed by atoms with Gasteiger partial charge in [0.25, 0.3) is 5.91 Å². The van der Waals surface area contributed by atoms with E-state index in [0.717, 1.165) is 22.0 Å². The molecule has 0 aliphatic carbocycles. The number of rotatable bonds is 8. The fraction of sp³-hybridized carbons (Fsp3) is 0.115. The second-order valence-corrected chi connectivity index (χ2v) is 9.29. The zero-order valence-corrected chi connectivity index (χ0v) is 18.6. The molecule has 0 saturated carbocycles. The molecule has 1 unspecified atom stereocenters. The smallest absolute Gasteiger partial charge is 0.251 e. The summed E-state index contributed by atoms with van der Waals surface area (Å²) in [4.78, 5) is 16.2. The minimum atomic E-state index is -3.79. The molecule has 0 bridgehead atoms. The first-order valence-electron chi connectivity index (χ1n) is 10.4. The molecule has 7 heteroatoms. The third-order valence-electron chi connectivity index (χ3n) is 5.44. The number of amides is 1. The number of benzene rings is 3. The summed E-state index contributed by atoms with van der Waals surface area (Å²) in [6, 6.07) is 23.9. The molecule has 0 saturated heterocycles. The highest BCUT2D eigenvalue weighted by Gasteiger charge is 2.20. The number of fused-ring (bicyclic) bond motifs is 1. The number of carbonyl (C=O) groups excluding carboxylic acids is 1. The Bertz CT molecular complexity index is 1420. The Labute approximate surface area is 193 Å². The largest absolute Gasteiger partial charge is 0.361 e. The summed E-state index contributed by atoms with van der Waals surface area (Å²) in [5, 5.41) is 4.06. The van der Waals surface area contributed by atoms with Gasteiger partial charge in [-0.3, -0.25) is 4.79 Å². The van der Waals surface area contributed by atoms with Gasteiger partial charge in [-0.15, -0.1) is 6.42 Å². The summed E-state index contributed by atoms with van der Waals surface area (Å²) < 4.78 is 27.0. The van der Waals surface area contributed by atoms with E-state index in [1.807, 2.05) is 54.7 Å². The molecule has 1 amide bonds. The molecule has 0 aliphatic heterocycles. The van der Waals surface area contributed by atoms with Crippen LogP contribution in [0.2, 0.25) is 0 Å². The molecule has 0 spiro atoms. The lowest BCUT2D eigenvalue weighted by molar-refractivity contribution is 0.0952. The van der Waals surface area contributed by atoms with E-state index in [-0.39, 0.29) is 28.8 Å². The van der Waals surface area contributed by atoms with E-state index in [0.29, 0.717) is 6.54 Å². The second-order valence-electron chi connectivity index (χ2n) is 7.52. The van der Waals surface area contributed by atoms with Crippen LogP contribution in [0.25, 0.3) is 10.9 Å². The van der Waals surface area contributed by atoms with Crippen LogP contribution in [0.1, 0.15) is 27.4 Å². The standard InChI is InChI=1S/C26H23N3O3S/c1-2-15-29-33(31,32)21-12-8-11-20(16-21)26(30)28-17-23(19-9-4-3-5-10-19)24-18-27-25-14-7-6-13-22(24)25/h1,3-14,16,18,23,27,29H,15,17H2,(H,28,30). The van der Waals surface area contributed by atoms with Crippen LogP contribution in [-0.2, 0) is 10.0 Å². The summed E-state index contributed by atoms with van der Waals surface area (Å²) in [6.45, 7) is 0.221. The monoisotopic (exact) mass is 457 g/mol. The van der Waals surface area contributed by atoms with Gasteiger partial charge in [-0.1, -0.05) is 60.5 Å². The van der Waals surface area contributed by atoms with Gasteiger partial charge >= 0.3 is 0 Å². The van der Waals surface area contributed by atoms with Gasteiger partial charge in [0.1, 0.15) is 0 Å². The maximum atomic E-state index is 12.9. The number of terminal acetylenes is 1. The summed E-state index contributed by atoms with van der Waals surface area (Å²) in [6.07, 6.45) is 7.11. The minimum absolute atomic E-state index is 0.0124. The quantitative estimate of drug-likeness (QED) is 0.353. The van der Waals surface area contributed by atoms with Gasteiger partial charge in [-0.05, 0) is 35.4 Å². The highest BCUT2D eigenvalue weighted by atomic mass is 32.2. The van der Waals surface area contributed by atoms with E-state index in [2.05, 4.69) is 27.0 Å². The number of carbonyl (C=O) groups is 1. The van der Waals surface area contributed by atoms with Crippen molar-refractivity contribution in [2.45, 2.75) is 10.8 Å². The summed E-state index contributed by atoms with van der Waals surface area (Å²) in [7, 11) is -3.79. The van der Waals surface area contributed by atoms with Gasteiger partial charge < -0.3 is 10.3 Å². The Morgan fingerprint density at radius 1 is 1.00 bits per heavy atom. The summed E-state index contributed by atoms with van der Waals surface area (Å²) in [5.41, 5.74) is 3.42. The van der Waals surface area contributed by atoms with Crippen LogP contribution >= 0.6 is 0 Å². The van der Waals surface area contributed by atoms with E-state index in [1.54, 1.807) is 6.07 Å². The Morgan fingerprint density at radius 2 is 1.76 bits per heavy atom. The topological polar surface area (TPSA) is 91.1 Å².